The molecule has 2 fully saturated rings. The largest absolute Gasteiger partial charge is 0.303 e. The summed E-state index contributed by atoms with van der Waals surface area (Å²) in [6.07, 6.45) is 11.1. The average molecular weight is 190 g/mol. The van der Waals surface area contributed by atoms with Gasteiger partial charge in [0.15, 0.2) is 0 Å². The van der Waals surface area contributed by atoms with Crippen molar-refractivity contribution in [2.45, 2.75) is 38.5 Å². The fraction of sp³-hybridized carbons (Fsp3) is 0.769. The van der Waals surface area contributed by atoms with E-state index >= 15 is 0 Å². The summed E-state index contributed by atoms with van der Waals surface area (Å²) < 4.78 is 0. The average Bonchev–Trinajstić information content (AvgIpc) is 2.87. The zero-order valence-electron chi connectivity index (χ0n) is 8.61. The van der Waals surface area contributed by atoms with Gasteiger partial charge >= 0.3 is 0 Å². The van der Waals surface area contributed by atoms with E-state index in [-0.39, 0.29) is 0 Å². The number of carbonyl (C=O) groups is 1. The molecule has 0 amide bonds. The molecule has 1 heteroatoms. The molecule has 0 aromatic carbocycles. The lowest BCUT2D eigenvalue weighted by atomic mass is 9.78. The van der Waals surface area contributed by atoms with Gasteiger partial charge in [-0.05, 0) is 55.8 Å². The van der Waals surface area contributed by atoms with E-state index in [0.717, 1.165) is 42.8 Å². The Morgan fingerprint density at radius 2 is 2.21 bits per heavy atom. The summed E-state index contributed by atoms with van der Waals surface area (Å²) in [5.74, 6) is 3.91. The minimum absolute atomic E-state index is 0.742. The Kier molecular flexibility index (Phi) is 2.00. The highest BCUT2D eigenvalue weighted by Gasteiger charge is 2.49. The Balaban J connectivity index is 1.74. The van der Waals surface area contributed by atoms with Crippen LogP contribution in [-0.4, -0.2) is 6.29 Å². The Morgan fingerprint density at radius 3 is 3.07 bits per heavy atom. The fourth-order valence-corrected chi connectivity index (χ4v) is 4.25. The van der Waals surface area contributed by atoms with Crippen molar-refractivity contribution < 1.29 is 4.79 Å². The first-order chi connectivity index (χ1) is 6.90. The lowest BCUT2D eigenvalue weighted by Crippen LogP contribution is -2.19. The van der Waals surface area contributed by atoms with Crippen molar-refractivity contribution in [1.29, 1.82) is 0 Å². The second-order valence-electron chi connectivity index (χ2n) is 5.24. The monoisotopic (exact) mass is 190 g/mol. The first kappa shape index (κ1) is 8.70. The van der Waals surface area contributed by atoms with Gasteiger partial charge in [-0.25, -0.2) is 0 Å². The lowest BCUT2D eigenvalue weighted by molar-refractivity contribution is -0.107. The molecule has 3 rings (SSSR count). The van der Waals surface area contributed by atoms with Crippen molar-refractivity contribution in [1.82, 2.24) is 0 Å². The molecule has 0 saturated heterocycles. The number of carbonyl (C=O) groups excluding carboxylic acids is 1. The SMILES string of the molecule is O=CCCC1=CCC2C3CCC(C3)C12. The summed E-state index contributed by atoms with van der Waals surface area (Å²) in [6.45, 7) is 0. The van der Waals surface area contributed by atoms with Crippen LogP contribution in [0.15, 0.2) is 11.6 Å². The van der Waals surface area contributed by atoms with E-state index in [4.69, 9.17) is 0 Å². The Hall–Kier alpha value is -0.590. The zero-order chi connectivity index (χ0) is 9.54. The molecule has 2 bridgehead atoms. The first-order valence-corrected chi connectivity index (χ1v) is 6.02. The molecule has 14 heavy (non-hydrogen) atoms. The predicted octanol–water partition coefficient (Wildman–Crippen LogP) is 2.96. The molecular formula is C13H18O. The first-order valence-electron chi connectivity index (χ1n) is 6.02. The van der Waals surface area contributed by atoms with Crippen LogP contribution in [0, 0.1) is 23.7 Å². The van der Waals surface area contributed by atoms with Gasteiger partial charge in [-0.1, -0.05) is 11.6 Å². The van der Waals surface area contributed by atoms with Gasteiger partial charge in [-0.3, -0.25) is 0 Å². The van der Waals surface area contributed by atoms with Crippen molar-refractivity contribution in [2.75, 3.05) is 0 Å². The normalized spacial score (nSPS) is 43.9. The Labute approximate surface area is 85.6 Å². The van der Waals surface area contributed by atoms with Gasteiger partial charge in [0.25, 0.3) is 0 Å². The highest BCUT2D eigenvalue weighted by atomic mass is 16.1. The summed E-state index contributed by atoms with van der Waals surface area (Å²) >= 11 is 0. The second kappa shape index (κ2) is 3.22. The molecular weight excluding hydrogens is 172 g/mol. The van der Waals surface area contributed by atoms with Crippen molar-refractivity contribution in [3.8, 4) is 0 Å². The van der Waals surface area contributed by atoms with Crippen LogP contribution in [0.3, 0.4) is 0 Å². The van der Waals surface area contributed by atoms with Crippen LogP contribution in [0.2, 0.25) is 0 Å². The van der Waals surface area contributed by atoms with E-state index in [9.17, 15) is 4.79 Å². The third kappa shape index (κ3) is 1.11. The fourth-order valence-electron chi connectivity index (χ4n) is 4.25. The van der Waals surface area contributed by atoms with Crippen LogP contribution < -0.4 is 0 Å². The van der Waals surface area contributed by atoms with Gasteiger partial charge in [0.1, 0.15) is 6.29 Å². The maximum Gasteiger partial charge on any atom is 0.120 e. The van der Waals surface area contributed by atoms with Crippen molar-refractivity contribution in [3.63, 3.8) is 0 Å². The number of hydrogen-bond donors (Lipinski definition) is 0. The molecule has 0 aromatic heterocycles. The van der Waals surface area contributed by atoms with Gasteiger partial charge in [0.2, 0.25) is 0 Å². The van der Waals surface area contributed by atoms with Crippen molar-refractivity contribution in [2.24, 2.45) is 23.7 Å². The number of rotatable bonds is 3. The Morgan fingerprint density at radius 1 is 1.36 bits per heavy atom. The molecule has 3 aliphatic carbocycles. The Bertz CT molecular complexity index is 279. The minimum Gasteiger partial charge on any atom is -0.303 e. The van der Waals surface area contributed by atoms with Crippen molar-refractivity contribution in [3.05, 3.63) is 11.6 Å². The summed E-state index contributed by atoms with van der Waals surface area (Å²) in [5.41, 5.74) is 1.63. The summed E-state index contributed by atoms with van der Waals surface area (Å²) in [5, 5.41) is 0. The minimum atomic E-state index is 0.742. The molecule has 4 unspecified atom stereocenters. The van der Waals surface area contributed by atoms with E-state index in [1.165, 1.54) is 25.7 Å². The van der Waals surface area contributed by atoms with E-state index in [1.807, 2.05) is 0 Å². The van der Waals surface area contributed by atoms with Crippen LogP contribution in [0.5, 0.6) is 0 Å². The van der Waals surface area contributed by atoms with Crippen LogP contribution in [0.4, 0.5) is 0 Å². The molecule has 2 saturated carbocycles. The predicted molar refractivity (Wildman–Crippen MR) is 55.8 cm³/mol. The highest BCUT2D eigenvalue weighted by Crippen LogP contribution is 2.59. The standard InChI is InChI=1S/C13H18O/c14-7-1-2-9-5-6-12-10-3-4-11(8-10)13(9)12/h5,7,10-13H,1-4,6,8H2. The highest BCUT2D eigenvalue weighted by molar-refractivity contribution is 5.50. The molecule has 3 aliphatic rings. The smallest absolute Gasteiger partial charge is 0.120 e. The third-order valence-electron chi connectivity index (χ3n) is 4.72. The van der Waals surface area contributed by atoms with E-state index in [2.05, 4.69) is 6.08 Å². The molecule has 0 heterocycles. The van der Waals surface area contributed by atoms with E-state index in [0.29, 0.717) is 0 Å². The molecule has 76 valence electrons. The van der Waals surface area contributed by atoms with Gasteiger partial charge in [-0.15, -0.1) is 0 Å². The molecule has 4 atom stereocenters. The number of allylic oxidation sites excluding steroid dienone is 2. The maximum absolute atomic E-state index is 10.4. The van der Waals surface area contributed by atoms with Crippen LogP contribution in [0.25, 0.3) is 0 Å². The van der Waals surface area contributed by atoms with Gasteiger partial charge in [-0.2, -0.15) is 0 Å². The zero-order valence-corrected chi connectivity index (χ0v) is 8.61. The van der Waals surface area contributed by atoms with Crippen LogP contribution >= 0.6 is 0 Å². The molecule has 0 aromatic rings. The summed E-state index contributed by atoms with van der Waals surface area (Å²) in [4.78, 5) is 10.4. The molecule has 0 radical (unpaired) electrons. The van der Waals surface area contributed by atoms with Gasteiger partial charge in [0.05, 0.1) is 0 Å². The second-order valence-corrected chi connectivity index (χ2v) is 5.24. The third-order valence-corrected chi connectivity index (χ3v) is 4.72. The van der Waals surface area contributed by atoms with E-state index < -0.39 is 0 Å². The molecule has 0 aliphatic heterocycles. The quantitative estimate of drug-likeness (QED) is 0.494. The van der Waals surface area contributed by atoms with Gasteiger partial charge in [0, 0.05) is 6.42 Å². The summed E-state index contributed by atoms with van der Waals surface area (Å²) in [6, 6.07) is 0. The number of hydrogen-bond acceptors (Lipinski definition) is 1. The van der Waals surface area contributed by atoms with Crippen molar-refractivity contribution >= 4 is 6.29 Å². The molecule has 0 N–H and O–H groups in total. The van der Waals surface area contributed by atoms with Crippen LogP contribution in [0.1, 0.15) is 38.5 Å². The van der Waals surface area contributed by atoms with E-state index in [1.54, 1.807) is 5.57 Å². The topological polar surface area (TPSA) is 17.1 Å². The van der Waals surface area contributed by atoms with Gasteiger partial charge < -0.3 is 4.79 Å². The summed E-state index contributed by atoms with van der Waals surface area (Å²) in [7, 11) is 0. The van der Waals surface area contributed by atoms with Crippen LogP contribution in [-0.2, 0) is 4.79 Å². The molecule has 1 nitrogen and oxygen atoms in total. The molecule has 0 spiro atoms. The maximum atomic E-state index is 10.4. The number of aldehydes is 1. The number of fused-ring (bicyclic) bond motifs is 5. The lowest BCUT2D eigenvalue weighted by Gasteiger charge is -2.27.